The maximum Gasteiger partial charge on any atom is 0.0199 e. The number of allylic oxidation sites excluding steroid dienone is 1. The summed E-state index contributed by atoms with van der Waals surface area (Å²) < 4.78 is 0. The van der Waals surface area contributed by atoms with Crippen molar-refractivity contribution < 1.29 is 0 Å². The lowest BCUT2D eigenvalue weighted by molar-refractivity contribution is -0.0590. The predicted molar refractivity (Wildman–Crippen MR) is 126 cm³/mol. The van der Waals surface area contributed by atoms with Gasteiger partial charge in [-0.05, 0) is 97.7 Å². The maximum absolute atomic E-state index is 4.81. The van der Waals surface area contributed by atoms with E-state index in [0.717, 1.165) is 35.5 Å². The van der Waals surface area contributed by atoms with Gasteiger partial charge < -0.3 is 0 Å². The summed E-state index contributed by atoms with van der Waals surface area (Å²) in [5.41, 5.74) is 2.93. The Morgan fingerprint density at radius 1 is 0.964 bits per heavy atom. The molecular weight excluding hydrogens is 356 g/mol. The van der Waals surface area contributed by atoms with Gasteiger partial charge in [0, 0.05) is 5.25 Å². The Hall–Kier alpha value is 0.0900. The summed E-state index contributed by atoms with van der Waals surface area (Å²) >= 11 is 4.81. The van der Waals surface area contributed by atoms with Crippen LogP contribution in [0, 0.1) is 46.3 Å². The van der Waals surface area contributed by atoms with Crippen molar-refractivity contribution in [2.24, 2.45) is 46.3 Å². The van der Waals surface area contributed by atoms with Gasteiger partial charge in [-0.25, -0.2) is 0 Å². The summed E-state index contributed by atoms with van der Waals surface area (Å²) in [6, 6.07) is 0. The summed E-state index contributed by atoms with van der Waals surface area (Å²) in [4.78, 5) is 0. The fourth-order valence-electron chi connectivity index (χ4n) is 8.73. The van der Waals surface area contributed by atoms with E-state index in [9.17, 15) is 0 Å². The van der Waals surface area contributed by atoms with Crippen molar-refractivity contribution >= 4 is 12.6 Å². The molecule has 0 radical (unpaired) electrons. The van der Waals surface area contributed by atoms with E-state index in [2.05, 4.69) is 40.7 Å². The molecule has 28 heavy (non-hydrogen) atoms. The third kappa shape index (κ3) is 3.54. The molecule has 0 bridgehead atoms. The zero-order valence-corrected chi connectivity index (χ0v) is 20.2. The minimum atomic E-state index is 0.504. The Labute approximate surface area is 181 Å². The van der Waals surface area contributed by atoms with Gasteiger partial charge in [-0.15, -0.1) is 0 Å². The standard InChI is InChI=1S/C27H46S/c1-18(2)7-6-8-19(3)23-11-12-24-22-10-9-20-17-21(28)13-15-26(20,4)25(22)14-16-27(23,24)5/h17-19,21-25,28H,6-16H2,1-5H3/t19-,21+,22-,23+,24-,25-,26+,27-/m1/s1. The third-order valence-corrected chi connectivity index (χ3v) is 10.7. The van der Waals surface area contributed by atoms with E-state index in [1.54, 1.807) is 5.57 Å². The minimum Gasteiger partial charge on any atom is -0.172 e. The molecule has 4 aliphatic rings. The van der Waals surface area contributed by atoms with Crippen molar-refractivity contribution in [3.8, 4) is 0 Å². The lowest BCUT2D eigenvalue weighted by Crippen LogP contribution is -2.51. The Bertz CT molecular complexity index is 591. The molecule has 160 valence electrons. The highest BCUT2D eigenvalue weighted by Crippen LogP contribution is 2.67. The molecule has 0 saturated heterocycles. The smallest absolute Gasteiger partial charge is 0.0199 e. The number of rotatable bonds is 5. The molecule has 8 atom stereocenters. The predicted octanol–water partition coefficient (Wildman–Crippen LogP) is 8.33. The van der Waals surface area contributed by atoms with Gasteiger partial charge in [-0.1, -0.05) is 65.5 Å². The average molecular weight is 403 g/mol. The van der Waals surface area contributed by atoms with Gasteiger partial charge in [0.25, 0.3) is 0 Å². The first kappa shape index (κ1) is 21.3. The Kier molecular flexibility index (Phi) is 6.07. The highest BCUT2D eigenvalue weighted by Gasteiger charge is 2.59. The van der Waals surface area contributed by atoms with Crippen LogP contribution in [-0.2, 0) is 0 Å². The quantitative estimate of drug-likeness (QED) is 0.347. The van der Waals surface area contributed by atoms with Gasteiger partial charge in [0.05, 0.1) is 0 Å². The second-order valence-electron chi connectivity index (χ2n) is 12.2. The first-order chi connectivity index (χ1) is 13.3. The molecule has 0 aromatic carbocycles. The monoisotopic (exact) mass is 402 g/mol. The Balaban J connectivity index is 1.48. The highest BCUT2D eigenvalue weighted by molar-refractivity contribution is 7.81. The topological polar surface area (TPSA) is 0 Å². The van der Waals surface area contributed by atoms with Crippen LogP contribution in [0.3, 0.4) is 0 Å². The van der Waals surface area contributed by atoms with Gasteiger partial charge in [0.1, 0.15) is 0 Å². The summed E-state index contributed by atoms with van der Waals surface area (Å²) in [6.07, 6.45) is 18.5. The van der Waals surface area contributed by atoms with E-state index >= 15 is 0 Å². The summed E-state index contributed by atoms with van der Waals surface area (Å²) in [5.74, 6) is 5.76. The van der Waals surface area contributed by atoms with Crippen molar-refractivity contribution in [1.82, 2.24) is 0 Å². The minimum absolute atomic E-state index is 0.504. The zero-order valence-electron chi connectivity index (χ0n) is 19.3. The van der Waals surface area contributed by atoms with E-state index in [1.807, 2.05) is 0 Å². The number of hydrogen-bond acceptors (Lipinski definition) is 1. The van der Waals surface area contributed by atoms with Crippen LogP contribution in [0.1, 0.15) is 105 Å². The van der Waals surface area contributed by atoms with Crippen LogP contribution in [0.4, 0.5) is 0 Å². The molecule has 0 nitrogen and oxygen atoms in total. The van der Waals surface area contributed by atoms with Gasteiger partial charge in [-0.2, -0.15) is 12.6 Å². The second-order valence-corrected chi connectivity index (χ2v) is 12.8. The summed E-state index contributed by atoms with van der Waals surface area (Å²) in [6.45, 7) is 12.7. The van der Waals surface area contributed by atoms with Crippen LogP contribution < -0.4 is 0 Å². The van der Waals surface area contributed by atoms with Gasteiger partial charge >= 0.3 is 0 Å². The van der Waals surface area contributed by atoms with Crippen LogP contribution in [0.2, 0.25) is 0 Å². The highest BCUT2D eigenvalue weighted by atomic mass is 32.1. The molecule has 0 heterocycles. The maximum atomic E-state index is 4.81. The molecule has 0 unspecified atom stereocenters. The molecule has 1 heteroatoms. The molecule has 3 saturated carbocycles. The van der Waals surface area contributed by atoms with Gasteiger partial charge in [0.15, 0.2) is 0 Å². The van der Waals surface area contributed by atoms with Crippen LogP contribution in [-0.4, -0.2) is 5.25 Å². The number of thiol groups is 1. The first-order valence-electron chi connectivity index (χ1n) is 12.6. The van der Waals surface area contributed by atoms with E-state index in [4.69, 9.17) is 12.6 Å². The fourth-order valence-corrected chi connectivity index (χ4v) is 9.04. The molecule has 0 N–H and O–H groups in total. The van der Waals surface area contributed by atoms with Crippen molar-refractivity contribution in [1.29, 1.82) is 0 Å². The molecular formula is C27H46S. The SMILES string of the molecule is CC(C)CCC[C@@H](C)[C@@H]1CC[C@@H]2[C@H]3CCC4=C[C@@H](S)CC[C@]4(C)[C@@H]3CC[C@@]21C. The Morgan fingerprint density at radius 2 is 1.75 bits per heavy atom. The molecule has 0 aromatic rings. The lowest BCUT2D eigenvalue weighted by atomic mass is 9.46. The van der Waals surface area contributed by atoms with E-state index in [1.165, 1.54) is 70.6 Å². The van der Waals surface area contributed by atoms with Crippen molar-refractivity contribution in [3.63, 3.8) is 0 Å². The number of hydrogen-bond donors (Lipinski definition) is 1. The summed E-state index contributed by atoms with van der Waals surface area (Å²) in [7, 11) is 0. The van der Waals surface area contributed by atoms with Gasteiger partial charge in [-0.3, -0.25) is 0 Å². The van der Waals surface area contributed by atoms with Crippen molar-refractivity contribution in [3.05, 3.63) is 11.6 Å². The normalized spacial score (nSPS) is 46.5. The molecule has 0 aromatic heterocycles. The van der Waals surface area contributed by atoms with Crippen LogP contribution in [0.15, 0.2) is 11.6 Å². The average Bonchev–Trinajstić information content (AvgIpc) is 2.99. The molecule has 4 aliphatic carbocycles. The van der Waals surface area contributed by atoms with Crippen LogP contribution in [0.25, 0.3) is 0 Å². The van der Waals surface area contributed by atoms with E-state index < -0.39 is 0 Å². The van der Waals surface area contributed by atoms with Crippen LogP contribution in [0.5, 0.6) is 0 Å². The largest absolute Gasteiger partial charge is 0.172 e. The zero-order chi connectivity index (χ0) is 20.1. The molecule has 0 amide bonds. The summed E-state index contributed by atoms with van der Waals surface area (Å²) in [5, 5.41) is 0.524. The molecule has 0 spiro atoms. The van der Waals surface area contributed by atoms with Crippen LogP contribution >= 0.6 is 12.6 Å². The van der Waals surface area contributed by atoms with Crippen molar-refractivity contribution in [2.45, 2.75) is 110 Å². The molecule has 3 fully saturated rings. The fraction of sp³-hybridized carbons (Fsp3) is 0.926. The molecule has 0 aliphatic heterocycles. The van der Waals surface area contributed by atoms with Crippen molar-refractivity contribution in [2.75, 3.05) is 0 Å². The van der Waals surface area contributed by atoms with Gasteiger partial charge in [0.2, 0.25) is 0 Å². The van der Waals surface area contributed by atoms with E-state index in [-0.39, 0.29) is 0 Å². The second kappa shape index (κ2) is 7.97. The first-order valence-corrected chi connectivity index (χ1v) is 13.2. The van der Waals surface area contributed by atoms with E-state index in [0.29, 0.717) is 16.1 Å². The number of fused-ring (bicyclic) bond motifs is 5. The molecule has 4 rings (SSSR count). The third-order valence-electron chi connectivity index (χ3n) is 10.3. The lowest BCUT2D eigenvalue weighted by Gasteiger charge is -2.59. The Morgan fingerprint density at radius 3 is 2.50 bits per heavy atom.